The molecular formula is C21H20O10. The number of phenols is 1. The first kappa shape index (κ1) is 21.4. The molecule has 1 fully saturated rings. The number of hydrogen-bond donors (Lipinski definition) is 6. The van der Waals surface area contributed by atoms with Gasteiger partial charge >= 0.3 is 0 Å². The van der Waals surface area contributed by atoms with E-state index in [0.717, 1.165) is 0 Å². The molecule has 2 aromatic rings. The molecule has 10 heteroatoms. The number of hydrogen-bond acceptors (Lipinski definition) is 10. The third-order valence-corrected chi connectivity index (χ3v) is 5.46. The van der Waals surface area contributed by atoms with E-state index in [1.165, 1.54) is 30.3 Å². The molecule has 164 valence electrons. The minimum atomic E-state index is -1.72. The maximum Gasteiger partial charge on any atom is 0.229 e. The van der Waals surface area contributed by atoms with Crippen molar-refractivity contribution in [2.24, 2.45) is 0 Å². The number of aliphatic hydroxyl groups excluding tert-OH is 5. The fourth-order valence-corrected chi connectivity index (χ4v) is 3.73. The summed E-state index contributed by atoms with van der Waals surface area (Å²) in [7, 11) is 0. The Balaban J connectivity index is 1.70. The summed E-state index contributed by atoms with van der Waals surface area (Å²) < 4.78 is 10.7. The Labute approximate surface area is 175 Å². The van der Waals surface area contributed by atoms with E-state index in [0.29, 0.717) is 5.56 Å². The van der Waals surface area contributed by atoms with Crippen LogP contribution < -0.4 is 4.74 Å². The zero-order valence-electron chi connectivity index (χ0n) is 16.0. The molecule has 6 N–H and O–H groups in total. The number of phenolic OH excluding ortho intramolecular Hbond substituents is 1. The molecule has 0 amide bonds. The van der Waals surface area contributed by atoms with Gasteiger partial charge in [-0.2, -0.15) is 0 Å². The molecule has 4 rings (SSSR count). The van der Waals surface area contributed by atoms with E-state index in [4.69, 9.17) is 9.47 Å². The summed E-state index contributed by atoms with van der Waals surface area (Å²) in [6.07, 6.45) is -7.81. The molecule has 0 saturated carbocycles. The largest absolute Gasteiger partial charge is 0.504 e. The van der Waals surface area contributed by atoms with Crippen LogP contribution in [0, 0.1) is 0 Å². The van der Waals surface area contributed by atoms with Gasteiger partial charge in [0.25, 0.3) is 0 Å². The van der Waals surface area contributed by atoms with Crippen molar-refractivity contribution in [3.8, 4) is 11.5 Å². The van der Waals surface area contributed by atoms with E-state index >= 15 is 0 Å². The number of rotatable bonds is 4. The lowest BCUT2D eigenvalue weighted by molar-refractivity contribution is -0.277. The van der Waals surface area contributed by atoms with Crippen molar-refractivity contribution < 1.29 is 49.7 Å². The fourth-order valence-electron chi connectivity index (χ4n) is 3.73. The molecule has 2 aromatic carbocycles. The van der Waals surface area contributed by atoms with Crippen molar-refractivity contribution in [2.45, 2.75) is 37.3 Å². The molecule has 0 spiro atoms. The first-order valence-electron chi connectivity index (χ1n) is 9.44. The van der Waals surface area contributed by atoms with Gasteiger partial charge in [0, 0.05) is 16.7 Å². The number of carbonyl (C=O) groups is 2. The minimum absolute atomic E-state index is 0.0179. The van der Waals surface area contributed by atoms with Crippen LogP contribution in [0.5, 0.6) is 11.5 Å². The lowest BCUT2D eigenvalue weighted by atomic mass is 9.82. The van der Waals surface area contributed by atoms with Crippen molar-refractivity contribution in [3.05, 3.63) is 58.1 Å². The van der Waals surface area contributed by atoms with Gasteiger partial charge in [0.15, 0.2) is 23.1 Å². The van der Waals surface area contributed by atoms with Gasteiger partial charge in [0.2, 0.25) is 6.29 Å². The average Bonchev–Trinajstić information content (AvgIpc) is 2.78. The highest BCUT2D eigenvalue weighted by atomic mass is 16.7. The quantitative estimate of drug-likeness (QED) is 0.295. The van der Waals surface area contributed by atoms with E-state index in [1.54, 1.807) is 0 Å². The van der Waals surface area contributed by atoms with Crippen molar-refractivity contribution in [1.82, 2.24) is 0 Å². The predicted molar refractivity (Wildman–Crippen MR) is 102 cm³/mol. The molecule has 1 aliphatic heterocycles. The highest BCUT2D eigenvalue weighted by Gasteiger charge is 2.45. The van der Waals surface area contributed by atoms with Crippen LogP contribution in [-0.4, -0.2) is 79.5 Å². The topological polar surface area (TPSA) is 174 Å². The van der Waals surface area contributed by atoms with Gasteiger partial charge in [-0.25, -0.2) is 0 Å². The van der Waals surface area contributed by atoms with Crippen molar-refractivity contribution in [2.75, 3.05) is 6.61 Å². The summed E-state index contributed by atoms with van der Waals surface area (Å²) in [5, 5.41) is 59.2. The summed E-state index contributed by atoms with van der Waals surface area (Å²) in [4.78, 5) is 25.8. The van der Waals surface area contributed by atoms with Crippen molar-refractivity contribution in [3.63, 3.8) is 0 Å². The summed E-state index contributed by atoms with van der Waals surface area (Å²) in [6, 6.07) is 6.79. The maximum absolute atomic E-state index is 13.0. The lowest BCUT2D eigenvalue weighted by Crippen LogP contribution is -2.60. The van der Waals surface area contributed by atoms with E-state index < -0.39 is 54.6 Å². The molecule has 1 heterocycles. The molecule has 5 atom stereocenters. The molecule has 1 saturated heterocycles. The van der Waals surface area contributed by atoms with Crippen LogP contribution in [0.3, 0.4) is 0 Å². The van der Waals surface area contributed by atoms with Crippen LogP contribution >= 0.6 is 0 Å². The Morgan fingerprint density at radius 1 is 0.871 bits per heavy atom. The molecule has 1 aliphatic carbocycles. The van der Waals surface area contributed by atoms with Gasteiger partial charge in [-0.3, -0.25) is 9.59 Å². The number of ketones is 2. The van der Waals surface area contributed by atoms with Crippen LogP contribution in [0.15, 0.2) is 30.3 Å². The Kier molecular flexibility index (Phi) is 5.52. The smallest absolute Gasteiger partial charge is 0.229 e. The number of fused-ring (bicyclic) bond motifs is 2. The third-order valence-electron chi connectivity index (χ3n) is 5.46. The number of carbonyl (C=O) groups excluding carboxylic acids is 2. The first-order chi connectivity index (χ1) is 14.8. The average molecular weight is 432 g/mol. The fraction of sp³-hybridized carbons (Fsp3) is 0.333. The number of ether oxygens (including phenoxy) is 2. The Morgan fingerprint density at radius 3 is 2.26 bits per heavy atom. The van der Waals surface area contributed by atoms with E-state index in [2.05, 4.69) is 0 Å². The van der Waals surface area contributed by atoms with E-state index in [-0.39, 0.29) is 34.6 Å². The normalized spacial score (nSPS) is 27.6. The highest BCUT2D eigenvalue weighted by molar-refractivity contribution is 6.29. The summed E-state index contributed by atoms with van der Waals surface area (Å²) in [6.45, 7) is -1.01. The number of aliphatic hydroxyl groups is 5. The van der Waals surface area contributed by atoms with Crippen LogP contribution in [0.1, 0.15) is 37.4 Å². The third kappa shape index (κ3) is 3.39. The van der Waals surface area contributed by atoms with Crippen LogP contribution in [0.4, 0.5) is 0 Å². The maximum atomic E-state index is 13.0. The number of aromatic hydroxyl groups is 1. The van der Waals surface area contributed by atoms with Gasteiger partial charge in [0.05, 0.1) is 18.8 Å². The highest BCUT2D eigenvalue weighted by Crippen LogP contribution is 2.40. The lowest BCUT2D eigenvalue weighted by Gasteiger charge is -2.39. The van der Waals surface area contributed by atoms with Gasteiger partial charge in [-0.05, 0) is 29.8 Å². The first-order valence-corrected chi connectivity index (χ1v) is 9.44. The molecule has 2 aliphatic rings. The van der Waals surface area contributed by atoms with Crippen LogP contribution in [-0.2, 0) is 11.3 Å². The Bertz CT molecular complexity index is 1050. The summed E-state index contributed by atoms with van der Waals surface area (Å²) >= 11 is 0. The zero-order valence-corrected chi connectivity index (χ0v) is 16.0. The predicted octanol–water partition coefficient (Wildman–Crippen LogP) is -1.16. The number of benzene rings is 2. The van der Waals surface area contributed by atoms with Gasteiger partial charge in [-0.1, -0.05) is 6.07 Å². The Morgan fingerprint density at radius 2 is 1.58 bits per heavy atom. The molecular weight excluding hydrogens is 412 g/mol. The monoisotopic (exact) mass is 432 g/mol. The van der Waals surface area contributed by atoms with Gasteiger partial charge < -0.3 is 40.1 Å². The zero-order chi connectivity index (χ0) is 22.4. The standard InChI is InChI=1S/C21H20O10/c22-6-8-1-2-9-11(5-8)16(25)14-10(15(9)24)3-4-12(17(14)26)30-21-20(29)19(28)18(27)13(7-23)31-21/h1-5,13,18-23,26-29H,6-7H2. The van der Waals surface area contributed by atoms with Crippen molar-refractivity contribution >= 4 is 11.6 Å². The summed E-state index contributed by atoms with van der Waals surface area (Å²) in [5.74, 6) is -2.14. The summed E-state index contributed by atoms with van der Waals surface area (Å²) in [5.41, 5.74) is 0.209. The molecule has 31 heavy (non-hydrogen) atoms. The van der Waals surface area contributed by atoms with E-state index in [1.807, 2.05) is 0 Å². The molecule has 0 radical (unpaired) electrons. The SMILES string of the molecule is O=C1c2ccc(CO)cc2C(=O)c2c1ccc(OC1OC(CO)C(O)C(O)C1O)c2O. The molecule has 10 nitrogen and oxygen atoms in total. The minimum Gasteiger partial charge on any atom is -0.504 e. The second-order valence-corrected chi connectivity index (χ2v) is 7.35. The molecule has 0 bridgehead atoms. The van der Waals surface area contributed by atoms with E-state index in [9.17, 15) is 40.2 Å². The van der Waals surface area contributed by atoms with Crippen molar-refractivity contribution in [1.29, 1.82) is 0 Å². The molecule has 0 aromatic heterocycles. The Hall–Kier alpha value is -2.86. The molecule has 5 unspecified atom stereocenters. The van der Waals surface area contributed by atoms with Crippen LogP contribution in [0.2, 0.25) is 0 Å². The van der Waals surface area contributed by atoms with Crippen LogP contribution in [0.25, 0.3) is 0 Å². The second-order valence-electron chi connectivity index (χ2n) is 7.35. The second kappa shape index (κ2) is 8.00. The van der Waals surface area contributed by atoms with Gasteiger partial charge in [0.1, 0.15) is 24.4 Å². The van der Waals surface area contributed by atoms with Gasteiger partial charge in [-0.15, -0.1) is 0 Å².